The van der Waals surface area contributed by atoms with Crippen LogP contribution in [0.25, 0.3) is 0 Å². The minimum atomic E-state index is 0.341. The molecule has 0 aromatic heterocycles. The molecule has 2 heteroatoms. The van der Waals surface area contributed by atoms with Gasteiger partial charge in [0.1, 0.15) is 11.5 Å². The van der Waals surface area contributed by atoms with Gasteiger partial charge in [-0.1, -0.05) is 18.2 Å². The molecule has 0 radical (unpaired) electrons. The van der Waals surface area contributed by atoms with Crippen molar-refractivity contribution < 1.29 is 9.53 Å². The third-order valence-electron chi connectivity index (χ3n) is 2.61. The van der Waals surface area contributed by atoms with Crippen LogP contribution < -0.4 is 4.74 Å². The molecule has 2 nitrogen and oxygen atoms in total. The fourth-order valence-corrected chi connectivity index (χ4v) is 1.55. The number of hydrogen-bond donors (Lipinski definition) is 0. The zero-order chi connectivity index (χ0) is 10.5. The summed E-state index contributed by atoms with van der Waals surface area (Å²) in [4.78, 5) is 11.4. The maximum atomic E-state index is 11.4. The SMILES string of the molecule is O=C(CCOc1ccccc1)CC1CC1. The van der Waals surface area contributed by atoms with E-state index in [2.05, 4.69) is 0 Å². The number of hydrogen-bond acceptors (Lipinski definition) is 2. The maximum Gasteiger partial charge on any atom is 0.136 e. The number of Topliss-reactive ketones (excluding diaryl/α,β-unsaturated/α-hetero) is 1. The van der Waals surface area contributed by atoms with E-state index in [0.29, 0.717) is 24.7 Å². The summed E-state index contributed by atoms with van der Waals surface area (Å²) in [6, 6.07) is 9.63. The molecule has 1 aliphatic carbocycles. The molecule has 1 saturated carbocycles. The molecule has 80 valence electrons. The van der Waals surface area contributed by atoms with E-state index in [0.717, 1.165) is 12.2 Å². The van der Waals surface area contributed by atoms with Crippen LogP contribution in [0.1, 0.15) is 25.7 Å². The van der Waals surface area contributed by atoms with Crippen molar-refractivity contribution in [3.05, 3.63) is 30.3 Å². The molecule has 15 heavy (non-hydrogen) atoms. The van der Waals surface area contributed by atoms with Crippen molar-refractivity contribution in [1.82, 2.24) is 0 Å². The molecule has 1 aliphatic rings. The van der Waals surface area contributed by atoms with Gasteiger partial charge < -0.3 is 4.74 Å². The van der Waals surface area contributed by atoms with Gasteiger partial charge in [-0.25, -0.2) is 0 Å². The molecule has 1 aromatic rings. The number of ketones is 1. The minimum absolute atomic E-state index is 0.341. The zero-order valence-electron chi connectivity index (χ0n) is 8.82. The Balaban J connectivity index is 1.63. The van der Waals surface area contributed by atoms with Crippen molar-refractivity contribution in [2.24, 2.45) is 5.92 Å². The summed E-state index contributed by atoms with van der Waals surface area (Å²) in [5.41, 5.74) is 0. The Hall–Kier alpha value is -1.31. The summed E-state index contributed by atoms with van der Waals surface area (Å²) in [5, 5.41) is 0. The van der Waals surface area contributed by atoms with E-state index in [1.54, 1.807) is 0 Å². The minimum Gasteiger partial charge on any atom is -0.493 e. The first-order chi connectivity index (χ1) is 7.34. The van der Waals surface area contributed by atoms with E-state index in [1.807, 2.05) is 30.3 Å². The van der Waals surface area contributed by atoms with Crippen LogP contribution in [0.2, 0.25) is 0 Å². The van der Waals surface area contributed by atoms with Crippen LogP contribution in [0.4, 0.5) is 0 Å². The molecule has 0 aliphatic heterocycles. The van der Waals surface area contributed by atoms with Crippen molar-refractivity contribution in [2.45, 2.75) is 25.7 Å². The van der Waals surface area contributed by atoms with Crippen LogP contribution in [0.15, 0.2) is 30.3 Å². The fraction of sp³-hybridized carbons (Fsp3) is 0.462. The van der Waals surface area contributed by atoms with Crippen molar-refractivity contribution in [1.29, 1.82) is 0 Å². The molecule has 1 aromatic carbocycles. The van der Waals surface area contributed by atoms with Crippen LogP contribution in [-0.2, 0) is 4.79 Å². The summed E-state index contributed by atoms with van der Waals surface area (Å²) in [5.74, 6) is 1.87. The second-order valence-electron chi connectivity index (χ2n) is 4.10. The number of benzene rings is 1. The van der Waals surface area contributed by atoms with Gasteiger partial charge in [-0.3, -0.25) is 4.79 Å². The fourth-order valence-electron chi connectivity index (χ4n) is 1.55. The molecular formula is C13H16O2. The monoisotopic (exact) mass is 204 g/mol. The highest BCUT2D eigenvalue weighted by molar-refractivity contribution is 5.79. The molecule has 2 rings (SSSR count). The summed E-state index contributed by atoms with van der Waals surface area (Å²) in [7, 11) is 0. The van der Waals surface area contributed by atoms with E-state index >= 15 is 0 Å². The summed E-state index contributed by atoms with van der Waals surface area (Å²) < 4.78 is 5.46. The van der Waals surface area contributed by atoms with Crippen molar-refractivity contribution in [3.63, 3.8) is 0 Å². The molecule has 0 spiro atoms. The van der Waals surface area contributed by atoms with E-state index in [9.17, 15) is 4.79 Å². The van der Waals surface area contributed by atoms with E-state index in [-0.39, 0.29) is 0 Å². The number of ether oxygens (including phenoxy) is 1. The highest BCUT2D eigenvalue weighted by Gasteiger charge is 2.23. The largest absolute Gasteiger partial charge is 0.493 e. The Labute approximate surface area is 90.3 Å². The topological polar surface area (TPSA) is 26.3 Å². The predicted octanol–water partition coefficient (Wildman–Crippen LogP) is 2.82. The third kappa shape index (κ3) is 3.74. The third-order valence-corrected chi connectivity index (χ3v) is 2.61. The van der Waals surface area contributed by atoms with Crippen molar-refractivity contribution in [3.8, 4) is 5.75 Å². The van der Waals surface area contributed by atoms with Crippen LogP contribution in [-0.4, -0.2) is 12.4 Å². The highest BCUT2D eigenvalue weighted by atomic mass is 16.5. The zero-order valence-corrected chi connectivity index (χ0v) is 8.82. The van der Waals surface area contributed by atoms with E-state index in [4.69, 9.17) is 4.74 Å². The molecule has 0 heterocycles. The van der Waals surface area contributed by atoms with Gasteiger partial charge in [0.25, 0.3) is 0 Å². The van der Waals surface area contributed by atoms with Gasteiger partial charge in [0.05, 0.1) is 6.61 Å². The van der Waals surface area contributed by atoms with Gasteiger partial charge in [-0.15, -0.1) is 0 Å². The molecule has 0 bridgehead atoms. The first-order valence-corrected chi connectivity index (χ1v) is 5.54. The normalized spacial score (nSPS) is 14.9. The lowest BCUT2D eigenvalue weighted by Gasteiger charge is -2.04. The van der Waals surface area contributed by atoms with Gasteiger partial charge in [-0.2, -0.15) is 0 Å². The Morgan fingerprint density at radius 3 is 2.67 bits per heavy atom. The Kier molecular flexibility index (Phi) is 3.38. The maximum absolute atomic E-state index is 11.4. The Morgan fingerprint density at radius 2 is 2.00 bits per heavy atom. The quantitative estimate of drug-likeness (QED) is 0.712. The van der Waals surface area contributed by atoms with Crippen LogP contribution in [0.5, 0.6) is 5.75 Å². The lowest BCUT2D eigenvalue weighted by molar-refractivity contribution is -0.119. The molecule has 0 N–H and O–H groups in total. The summed E-state index contributed by atoms with van der Waals surface area (Å²) >= 11 is 0. The number of para-hydroxylation sites is 1. The molecule has 0 atom stereocenters. The summed E-state index contributed by atoms with van der Waals surface area (Å²) in [6.45, 7) is 0.509. The van der Waals surface area contributed by atoms with Crippen molar-refractivity contribution in [2.75, 3.05) is 6.61 Å². The Morgan fingerprint density at radius 1 is 1.27 bits per heavy atom. The van der Waals surface area contributed by atoms with E-state index in [1.165, 1.54) is 12.8 Å². The predicted molar refractivity (Wildman–Crippen MR) is 58.9 cm³/mol. The second-order valence-corrected chi connectivity index (χ2v) is 4.10. The van der Waals surface area contributed by atoms with Gasteiger partial charge in [0.2, 0.25) is 0 Å². The number of carbonyl (C=O) groups is 1. The molecular weight excluding hydrogens is 188 g/mol. The van der Waals surface area contributed by atoms with Crippen LogP contribution in [0, 0.1) is 5.92 Å². The molecule has 0 amide bonds. The average molecular weight is 204 g/mol. The highest BCUT2D eigenvalue weighted by Crippen LogP contribution is 2.32. The van der Waals surface area contributed by atoms with Crippen molar-refractivity contribution >= 4 is 5.78 Å². The van der Waals surface area contributed by atoms with Crippen LogP contribution in [0.3, 0.4) is 0 Å². The van der Waals surface area contributed by atoms with Crippen LogP contribution >= 0.6 is 0 Å². The van der Waals surface area contributed by atoms with Gasteiger partial charge in [0.15, 0.2) is 0 Å². The second kappa shape index (κ2) is 4.96. The average Bonchev–Trinajstić information content (AvgIpc) is 3.03. The molecule has 0 saturated heterocycles. The smallest absolute Gasteiger partial charge is 0.136 e. The Bertz CT molecular complexity index is 315. The lowest BCUT2D eigenvalue weighted by atomic mass is 10.1. The van der Waals surface area contributed by atoms with E-state index < -0.39 is 0 Å². The molecule has 0 unspecified atom stereocenters. The summed E-state index contributed by atoms with van der Waals surface area (Å²) in [6.07, 6.45) is 3.79. The first-order valence-electron chi connectivity index (χ1n) is 5.54. The number of carbonyl (C=O) groups excluding carboxylic acids is 1. The first kappa shape index (κ1) is 10.2. The van der Waals surface area contributed by atoms with Gasteiger partial charge in [0, 0.05) is 12.8 Å². The van der Waals surface area contributed by atoms with Gasteiger partial charge >= 0.3 is 0 Å². The number of rotatable bonds is 6. The molecule has 1 fully saturated rings. The lowest BCUT2D eigenvalue weighted by Crippen LogP contribution is -2.06. The standard InChI is InChI=1S/C13H16O2/c14-12(10-11-6-7-11)8-9-15-13-4-2-1-3-5-13/h1-5,11H,6-10H2. The van der Waals surface area contributed by atoms with Gasteiger partial charge in [-0.05, 0) is 30.9 Å².